The van der Waals surface area contributed by atoms with Crippen LogP contribution in [0, 0.1) is 11.3 Å². The van der Waals surface area contributed by atoms with Gasteiger partial charge in [-0.05, 0) is 32.3 Å². The van der Waals surface area contributed by atoms with Gasteiger partial charge in [-0.3, -0.25) is 0 Å². The number of nitriles is 1. The quantitative estimate of drug-likeness (QED) is 0.809. The Morgan fingerprint density at radius 1 is 1.50 bits per heavy atom. The third-order valence-electron chi connectivity index (χ3n) is 2.46. The van der Waals surface area contributed by atoms with E-state index in [2.05, 4.69) is 6.07 Å². The van der Waals surface area contributed by atoms with Gasteiger partial charge < -0.3 is 9.64 Å². The Kier molecular flexibility index (Phi) is 4.60. The molecule has 0 bridgehead atoms. The number of rotatable bonds is 4. The summed E-state index contributed by atoms with van der Waals surface area (Å²) in [4.78, 5) is 1.98. The van der Waals surface area contributed by atoms with Crippen LogP contribution in [-0.2, 0) is 0 Å². The first kappa shape index (κ1) is 12.8. The lowest BCUT2D eigenvalue weighted by Gasteiger charge is -2.24. The molecule has 0 spiro atoms. The summed E-state index contributed by atoms with van der Waals surface area (Å²) in [6.07, 6.45) is 0.406. The summed E-state index contributed by atoms with van der Waals surface area (Å²) in [5.74, 6) is 0.762. The second kappa shape index (κ2) is 5.74. The van der Waals surface area contributed by atoms with Gasteiger partial charge in [0.15, 0.2) is 0 Å². The normalized spacial score (nSPS) is 12.2. The van der Waals surface area contributed by atoms with Crippen LogP contribution in [0.4, 0.5) is 0 Å². The molecule has 0 aromatic heterocycles. The van der Waals surface area contributed by atoms with E-state index in [1.165, 1.54) is 0 Å². The molecule has 0 aliphatic heterocycles. The fraction of sp³-hybridized carbons (Fsp3) is 0.417. The summed E-state index contributed by atoms with van der Waals surface area (Å²) in [5, 5.41) is 9.48. The lowest BCUT2D eigenvalue weighted by Crippen LogP contribution is -2.20. The highest BCUT2D eigenvalue weighted by molar-refractivity contribution is 6.30. The summed E-state index contributed by atoms with van der Waals surface area (Å²) in [6.45, 7) is 0. The maximum absolute atomic E-state index is 8.83. The van der Waals surface area contributed by atoms with Crippen LogP contribution >= 0.6 is 11.6 Å². The fourth-order valence-corrected chi connectivity index (χ4v) is 1.80. The van der Waals surface area contributed by atoms with Crippen molar-refractivity contribution in [2.24, 2.45) is 0 Å². The Labute approximate surface area is 101 Å². The Morgan fingerprint density at radius 3 is 2.69 bits per heavy atom. The first-order valence-corrected chi connectivity index (χ1v) is 5.34. The lowest BCUT2D eigenvalue weighted by atomic mass is 10.0. The third kappa shape index (κ3) is 2.88. The molecule has 1 aromatic rings. The van der Waals surface area contributed by atoms with Crippen LogP contribution in [0.2, 0.25) is 5.02 Å². The van der Waals surface area contributed by atoms with E-state index in [1.54, 1.807) is 13.2 Å². The molecule has 1 atom stereocenters. The summed E-state index contributed by atoms with van der Waals surface area (Å²) < 4.78 is 5.28. The van der Waals surface area contributed by atoms with Crippen LogP contribution in [0.25, 0.3) is 0 Å². The highest BCUT2D eigenvalue weighted by Gasteiger charge is 2.18. The van der Waals surface area contributed by atoms with Crippen molar-refractivity contribution < 1.29 is 4.74 Å². The molecule has 0 heterocycles. The fourth-order valence-electron chi connectivity index (χ4n) is 1.62. The minimum absolute atomic E-state index is 0.00125. The minimum Gasteiger partial charge on any atom is -0.496 e. The van der Waals surface area contributed by atoms with Crippen molar-refractivity contribution >= 4 is 11.6 Å². The predicted molar refractivity (Wildman–Crippen MR) is 64.7 cm³/mol. The lowest BCUT2D eigenvalue weighted by molar-refractivity contribution is 0.292. The zero-order valence-electron chi connectivity index (χ0n) is 9.70. The van der Waals surface area contributed by atoms with E-state index in [4.69, 9.17) is 21.6 Å². The Hall–Kier alpha value is -1.24. The van der Waals surface area contributed by atoms with Crippen LogP contribution in [0.3, 0.4) is 0 Å². The van der Waals surface area contributed by atoms with Gasteiger partial charge in [0.25, 0.3) is 0 Å². The van der Waals surface area contributed by atoms with Gasteiger partial charge in [0.2, 0.25) is 0 Å². The molecule has 1 rings (SSSR count). The molecule has 0 radical (unpaired) electrons. The van der Waals surface area contributed by atoms with Crippen molar-refractivity contribution in [3.05, 3.63) is 28.8 Å². The van der Waals surface area contributed by atoms with E-state index < -0.39 is 0 Å². The second-order valence-electron chi connectivity index (χ2n) is 3.73. The molecule has 0 saturated heterocycles. The van der Waals surface area contributed by atoms with Gasteiger partial charge in [0, 0.05) is 10.6 Å². The highest BCUT2D eigenvalue weighted by atomic mass is 35.5. The number of ether oxygens (including phenoxy) is 1. The van der Waals surface area contributed by atoms with Crippen molar-refractivity contribution in [3.63, 3.8) is 0 Å². The summed E-state index contributed by atoms with van der Waals surface area (Å²) in [7, 11) is 5.48. The summed E-state index contributed by atoms with van der Waals surface area (Å²) >= 11 is 5.97. The van der Waals surface area contributed by atoms with Crippen LogP contribution in [0.5, 0.6) is 5.75 Å². The Morgan fingerprint density at radius 2 is 2.19 bits per heavy atom. The number of hydrogen-bond donors (Lipinski definition) is 0. The third-order valence-corrected chi connectivity index (χ3v) is 2.69. The number of hydrogen-bond acceptors (Lipinski definition) is 3. The van der Waals surface area contributed by atoms with E-state index in [0.29, 0.717) is 11.4 Å². The van der Waals surface area contributed by atoms with E-state index in [0.717, 1.165) is 11.3 Å². The van der Waals surface area contributed by atoms with Crippen LogP contribution in [-0.4, -0.2) is 26.1 Å². The van der Waals surface area contributed by atoms with Gasteiger partial charge in [0.1, 0.15) is 5.75 Å². The zero-order chi connectivity index (χ0) is 12.1. The van der Waals surface area contributed by atoms with Gasteiger partial charge in [-0.25, -0.2) is 0 Å². The molecule has 0 N–H and O–H groups in total. The average Bonchev–Trinajstić information content (AvgIpc) is 2.25. The Balaban J connectivity index is 3.16. The van der Waals surface area contributed by atoms with Gasteiger partial charge >= 0.3 is 0 Å². The molecule has 3 nitrogen and oxygen atoms in total. The van der Waals surface area contributed by atoms with Crippen LogP contribution in [0.1, 0.15) is 18.0 Å². The average molecular weight is 239 g/mol. The summed E-state index contributed by atoms with van der Waals surface area (Å²) in [6, 6.07) is 7.63. The zero-order valence-corrected chi connectivity index (χ0v) is 10.5. The molecule has 0 amide bonds. The van der Waals surface area contributed by atoms with Gasteiger partial charge in [-0.2, -0.15) is 5.26 Å². The number of halogens is 1. The number of methoxy groups -OCH3 is 1. The molecule has 1 aromatic carbocycles. The van der Waals surface area contributed by atoms with Crippen molar-refractivity contribution in [2.45, 2.75) is 12.5 Å². The molecule has 4 heteroatoms. The van der Waals surface area contributed by atoms with Crippen molar-refractivity contribution in [1.82, 2.24) is 4.90 Å². The standard InChI is InChI=1S/C12H15ClN2O/c1-15(2)11(6-7-14)10-8-9(13)4-5-12(10)16-3/h4-5,8,11H,6H2,1-3H3. The van der Waals surface area contributed by atoms with Crippen LogP contribution in [0.15, 0.2) is 18.2 Å². The van der Waals surface area contributed by atoms with Crippen molar-refractivity contribution in [3.8, 4) is 11.8 Å². The molecule has 0 aliphatic carbocycles. The van der Waals surface area contributed by atoms with Crippen LogP contribution < -0.4 is 4.74 Å². The van der Waals surface area contributed by atoms with E-state index in [-0.39, 0.29) is 6.04 Å². The maximum atomic E-state index is 8.83. The monoisotopic (exact) mass is 238 g/mol. The van der Waals surface area contributed by atoms with E-state index in [9.17, 15) is 0 Å². The largest absolute Gasteiger partial charge is 0.496 e. The summed E-state index contributed by atoms with van der Waals surface area (Å²) in [5.41, 5.74) is 0.946. The van der Waals surface area contributed by atoms with Crippen molar-refractivity contribution in [2.75, 3.05) is 21.2 Å². The van der Waals surface area contributed by atoms with Gasteiger partial charge in [-0.1, -0.05) is 11.6 Å². The minimum atomic E-state index is -0.00125. The van der Waals surface area contributed by atoms with Gasteiger partial charge in [0.05, 0.1) is 25.6 Å². The highest BCUT2D eigenvalue weighted by Crippen LogP contribution is 2.32. The van der Waals surface area contributed by atoms with E-state index >= 15 is 0 Å². The first-order chi connectivity index (χ1) is 7.60. The molecule has 86 valence electrons. The number of benzene rings is 1. The topological polar surface area (TPSA) is 36.3 Å². The molecular weight excluding hydrogens is 224 g/mol. The SMILES string of the molecule is COc1ccc(Cl)cc1C(CC#N)N(C)C. The molecule has 16 heavy (non-hydrogen) atoms. The van der Waals surface area contributed by atoms with E-state index in [1.807, 2.05) is 31.1 Å². The van der Waals surface area contributed by atoms with Crippen molar-refractivity contribution in [1.29, 1.82) is 5.26 Å². The van der Waals surface area contributed by atoms with Gasteiger partial charge in [-0.15, -0.1) is 0 Å². The molecule has 1 unspecified atom stereocenters. The molecule has 0 fully saturated rings. The second-order valence-corrected chi connectivity index (χ2v) is 4.16. The molecular formula is C12H15ClN2O. The predicted octanol–water partition coefficient (Wildman–Crippen LogP) is 2.86. The smallest absolute Gasteiger partial charge is 0.123 e. The maximum Gasteiger partial charge on any atom is 0.123 e. The molecule has 0 aliphatic rings. The molecule has 0 saturated carbocycles. The Bertz CT molecular complexity index is 398. The number of nitrogens with zero attached hydrogens (tertiary/aromatic N) is 2. The first-order valence-electron chi connectivity index (χ1n) is 4.97.